The van der Waals surface area contributed by atoms with Crippen molar-refractivity contribution >= 4 is 43.2 Å². The summed E-state index contributed by atoms with van der Waals surface area (Å²) in [5, 5.41) is 7.63. The van der Waals surface area contributed by atoms with Gasteiger partial charge in [0.25, 0.3) is 5.56 Å². The molecule has 0 aliphatic heterocycles. The zero-order chi connectivity index (χ0) is 31.3. The maximum Gasteiger partial charge on any atom is 0.263 e. The summed E-state index contributed by atoms with van der Waals surface area (Å²) in [6.07, 6.45) is 0. The van der Waals surface area contributed by atoms with Gasteiger partial charge in [-0.2, -0.15) is 0 Å². The number of nitrogens with zero attached hydrogens (tertiary/aromatic N) is 1. The van der Waals surface area contributed by atoms with E-state index >= 15 is 0 Å². The fourth-order valence-corrected chi connectivity index (χ4v) is 7.30. The van der Waals surface area contributed by atoms with Gasteiger partial charge < -0.3 is 0 Å². The van der Waals surface area contributed by atoms with Crippen LogP contribution in [0.1, 0.15) is 0 Å². The lowest BCUT2D eigenvalue weighted by molar-refractivity contribution is 1.06. The quantitative estimate of drug-likeness (QED) is 0.146. The fourth-order valence-electron chi connectivity index (χ4n) is 7.30. The molecule has 2 nitrogen and oxygen atoms in total. The zero-order valence-corrected chi connectivity index (χ0v) is 25.6. The third-order valence-corrected chi connectivity index (χ3v) is 9.38. The van der Waals surface area contributed by atoms with Crippen LogP contribution in [0.3, 0.4) is 0 Å². The van der Waals surface area contributed by atoms with Crippen LogP contribution in [0.4, 0.5) is 0 Å². The molecule has 0 aliphatic rings. The highest BCUT2D eigenvalue weighted by atomic mass is 16.1. The fraction of sp³-hybridized carbons (Fsp3) is 0. The Bertz CT molecular complexity index is 2690. The van der Waals surface area contributed by atoms with E-state index in [0.29, 0.717) is 0 Å². The van der Waals surface area contributed by atoms with Crippen molar-refractivity contribution in [2.24, 2.45) is 0 Å². The van der Waals surface area contributed by atoms with E-state index in [1.165, 1.54) is 43.8 Å². The largest absolute Gasteiger partial charge is 0.276 e. The van der Waals surface area contributed by atoms with Crippen LogP contribution in [-0.4, -0.2) is 4.57 Å². The van der Waals surface area contributed by atoms with Gasteiger partial charge in [0, 0.05) is 16.5 Å². The smallest absolute Gasteiger partial charge is 0.263 e. The lowest BCUT2D eigenvalue weighted by atomic mass is 9.85. The molecule has 0 radical (unpaired) electrons. The van der Waals surface area contributed by atoms with Crippen molar-refractivity contribution in [1.82, 2.24) is 4.57 Å². The summed E-state index contributed by atoms with van der Waals surface area (Å²) in [5.74, 6) is 0. The first-order valence-electron chi connectivity index (χ1n) is 16.0. The molecule has 0 bridgehead atoms. The van der Waals surface area contributed by atoms with Crippen LogP contribution in [0.25, 0.3) is 82.3 Å². The van der Waals surface area contributed by atoms with Gasteiger partial charge >= 0.3 is 0 Å². The molecule has 0 N–H and O–H groups in total. The van der Waals surface area contributed by atoms with E-state index < -0.39 is 0 Å². The molecule has 2 heteroatoms. The average Bonchev–Trinajstić information content (AvgIpc) is 3.14. The highest BCUT2D eigenvalue weighted by molar-refractivity contribution is 6.22. The van der Waals surface area contributed by atoms with Crippen molar-refractivity contribution in [2.75, 3.05) is 0 Å². The zero-order valence-electron chi connectivity index (χ0n) is 25.6. The lowest BCUT2D eigenvalue weighted by Crippen LogP contribution is -2.19. The highest BCUT2D eigenvalue weighted by Gasteiger charge is 2.18. The minimum atomic E-state index is -0.0136. The normalized spacial score (nSPS) is 11.5. The van der Waals surface area contributed by atoms with Crippen LogP contribution in [0.15, 0.2) is 181 Å². The minimum Gasteiger partial charge on any atom is -0.276 e. The second-order valence-corrected chi connectivity index (χ2v) is 12.0. The first kappa shape index (κ1) is 27.1. The molecule has 47 heavy (non-hydrogen) atoms. The van der Waals surface area contributed by atoms with Crippen molar-refractivity contribution < 1.29 is 0 Å². The van der Waals surface area contributed by atoms with Gasteiger partial charge in [0.05, 0.1) is 5.52 Å². The van der Waals surface area contributed by atoms with Gasteiger partial charge in [-0.25, -0.2) is 0 Å². The van der Waals surface area contributed by atoms with E-state index in [2.05, 4.69) is 127 Å². The Morgan fingerprint density at radius 1 is 0.319 bits per heavy atom. The van der Waals surface area contributed by atoms with E-state index in [-0.39, 0.29) is 5.56 Å². The average molecular weight is 600 g/mol. The maximum absolute atomic E-state index is 14.0. The third-order valence-electron chi connectivity index (χ3n) is 9.38. The van der Waals surface area contributed by atoms with Gasteiger partial charge in [-0.15, -0.1) is 0 Å². The van der Waals surface area contributed by atoms with Crippen LogP contribution in [0, 0.1) is 0 Å². The molecule has 1 heterocycles. The van der Waals surface area contributed by atoms with Crippen LogP contribution >= 0.6 is 0 Å². The summed E-state index contributed by atoms with van der Waals surface area (Å²) in [6, 6.07) is 61.4. The first-order chi connectivity index (χ1) is 23.3. The van der Waals surface area contributed by atoms with Crippen LogP contribution < -0.4 is 5.56 Å². The molecule has 8 aromatic carbocycles. The molecule has 0 atom stereocenters. The molecular formula is C45H29NO. The Balaban J connectivity index is 1.32. The predicted octanol–water partition coefficient (Wildman–Crippen LogP) is 11.5. The molecule has 1 aromatic heterocycles. The van der Waals surface area contributed by atoms with E-state index in [9.17, 15) is 4.79 Å². The minimum absolute atomic E-state index is 0.0136. The molecule has 9 aromatic rings. The van der Waals surface area contributed by atoms with Gasteiger partial charge in [0.1, 0.15) is 0 Å². The van der Waals surface area contributed by atoms with E-state index in [0.717, 1.165) is 38.5 Å². The molecule has 9 rings (SSSR count). The van der Waals surface area contributed by atoms with Crippen molar-refractivity contribution in [2.45, 2.75) is 0 Å². The summed E-state index contributed by atoms with van der Waals surface area (Å²) in [4.78, 5) is 14.0. The number of pyridine rings is 1. The van der Waals surface area contributed by atoms with Crippen LogP contribution in [-0.2, 0) is 0 Å². The number of benzene rings is 8. The van der Waals surface area contributed by atoms with Crippen molar-refractivity contribution in [3.8, 4) is 39.1 Å². The van der Waals surface area contributed by atoms with Gasteiger partial charge in [-0.3, -0.25) is 9.36 Å². The molecule has 0 amide bonds. The van der Waals surface area contributed by atoms with E-state index in [1.54, 1.807) is 0 Å². The monoisotopic (exact) mass is 599 g/mol. The molecule has 220 valence electrons. The van der Waals surface area contributed by atoms with E-state index in [1.807, 2.05) is 53.1 Å². The van der Waals surface area contributed by atoms with Gasteiger partial charge in [0.15, 0.2) is 0 Å². The molecule has 0 unspecified atom stereocenters. The van der Waals surface area contributed by atoms with Gasteiger partial charge in [-0.05, 0) is 90.6 Å². The predicted molar refractivity (Wildman–Crippen MR) is 198 cm³/mol. The van der Waals surface area contributed by atoms with Crippen LogP contribution in [0.5, 0.6) is 0 Å². The van der Waals surface area contributed by atoms with Crippen molar-refractivity contribution in [3.63, 3.8) is 0 Å². The Morgan fingerprint density at radius 3 is 1.49 bits per heavy atom. The van der Waals surface area contributed by atoms with Gasteiger partial charge in [-0.1, -0.05) is 146 Å². The highest BCUT2D eigenvalue weighted by Crippen LogP contribution is 2.44. The summed E-state index contributed by atoms with van der Waals surface area (Å²) < 4.78 is 1.86. The SMILES string of the molecule is O=c1c2ccccc2c2ccccc2n1-c1cccc(-c2ccc3c(-c4ccccc4)c4ccccc4c(-c4ccccc4)c3c2)c1. The topological polar surface area (TPSA) is 22.0 Å². The first-order valence-corrected chi connectivity index (χ1v) is 16.0. The third kappa shape index (κ3) is 4.38. The summed E-state index contributed by atoms with van der Waals surface area (Å²) in [7, 11) is 0. The lowest BCUT2D eigenvalue weighted by Gasteiger charge is -2.19. The molecule has 0 fully saturated rings. The Labute approximate surface area is 272 Å². The Morgan fingerprint density at radius 2 is 0.809 bits per heavy atom. The van der Waals surface area contributed by atoms with Crippen LogP contribution in [0.2, 0.25) is 0 Å². The van der Waals surface area contributed by atoms with Gasteiger partial charge in [0.2, 0.25) is 0 Å². The number of rotatable bonds is 4. The summed E-state index contributed by atoms with van der Waals surface area (Å²) >= 11 is 0. The number of para-hydroxylation sites is 1. The Hall–Kier alpha value is -6.25. The second-order valence-electron chi connectivity index (χ2n) is 12.0. The summed E-state index contributed by atoms with van der Waals surface area (Å²) in [5.41, 5.74) is 8.75. The van der Waals surface area contributed by atoms with Crippen molar-refractivity contribution in [3.05, 3.63) is 186 Å². The number of hydrogen-bond acceptors (Lipinski definition) is 1. The van der Waals surface area contributed by atoms with Crippen molar-refractivity contribution in [1.29, 1.82) is 0 Å². The number of aromatic nitrogens is 1. The molecule has 0 saturated carbocycles. The van der Waals surface area contributed by atoms with E-state index in [4.69, 9.17) is 0 Å². The summed E-state index contributed by atoms with van der Waals surface area (Å²) in [6.45, 7) is 0. The standard InChI is InChI=1S/C45H29NO/c47-45-40-24-10-7-20-35(40)36-21-11-12-25-42(36)46(45)34-19-13-18-32(28-34)33-26-27-39-41(29-33)44(31-16-5-2-6-17-31)38-23-9-8-22-37(38)43(39)30-14-3-1-4-15-30/h1-29H. The maximum atomic E-state index is 14.0. The molecule has 0 aliphatic carbocycles. The number of fused-ring (bicyclic) bond motifs is 5. The molecule has 0 spiro atoms. The molecule has 0 saturated heterocycles. The Kier molecular flexibility index (Phi) is 6.33. The second kappa shape index (κ2) is 11.0. The molecular weight excluding hydrogens is 571 g/mol. The number of hydrogen-bond donors (Lipinski definition) is 0.